The van der Waals surface area contributed by atoms with E-state index in [9.17, 15) is 4.39 Å². The van der Waals surface area contributed by atoms with E-state index < -0.39 is 0 Å². The molecule has 1 aliphatic rings. The summed E-state index contributed by atoms with van der Waals surface area (Å²) in [5.74, 6) is 0.0998. The Morgan fingerprint density at radius 1 is 1.04 bits per heavy atom. The maximum absolute atomic E-state index is 13.4. The Morgan fingerprint density at radius 3 is 2.56 bits per heavy atom. The van der Waals surface area contributed by atoms with Crippen LogP contribution in [0.2, 0.25) is 5.02 Å². The molecule has 2 aromatic carbocycles. The van der Waals surface area contributed by atoms with Gasteiger partial charge in [0, 0.05) is 43.3 Å². The molecule has 0 amide bonds. The molecule has 0 saturated carbocycles. The highest BCUT2D eigenvalue weighted by Crippen LogP contribution is 2.21. The quantitative estimate of drug-likeness (QED) is 0.665. The van der Waals surface area contributed by atoms with E-state index >= 15 is 0 Å². The van der Waals surface area contributed by atoms with Gasteiger partial charge in [0.15, 0.2) is 0 Å². The summed E-state index contributed by atoms with van der Waals surface area (Å²) in [7, 11) is 0. The van der Waals surface area contributed by atoms with Gasteiger partial charge in [-0.3, -0.25) is 4.90 Å². The van der Waals surface area contributed by atoms with Crippen LogP contribution < -0.4 is 4.90 Å². The summed E-state index contributed by atoms with van der Waals surface area (Å²) in [5.41, 5.74) is 1.91. The molecule has 1 saturated heterocycles. The van der Waals surface area contributed by atoms with Crippen molar-refractivity contribution in [3.05, 3.63) is 64.9 Å². The van der Waals surface area contributed by atoms with Crippen LogP contribution in [0.15, 0.2) is 53.1 Å². The fourth-order valence-electron chi connectivity index (χ4n) is 3.19. The molecule has 1 aromatic heterocycles. The predicted octanol–water partition coefficient (Wildman–Crippen LogP) is 3.89. The highest BCUT2D eigenvalue weighted by molar-refractivity contribution is 6.30. The molecule has 0 spiro atoms. The number of halogens is 2. The van der Waals surface area contributed by atoms with Crippen molar-refractivity contribution in [2.75, 3.05) is 37.6 Å². The minimum Gasteiger partial charge on any atom is -0.322 e. The van der Waals surface area contributed by atoms with Crippen LogP contribution in [0.25, 0.3) is 11.4 Å². The highest BCUT2D eigenvalue weighted by Gasteiger charge is 2.21. The Bertz CT molecular complexity index is 891. The summed E-state index contributed by atoms with van der Waals surface area (Å²) in [4.78, 5) is 8.93. The molecule has 3 aromatic rings. The van der Waals surface area contributed by atoms with Gasteiger partial charge in [-0.2, -0.15) is 4.98 Å². The van der Waals surface area contributed by atoms with Crippen LogP contribution in [0.1, 0.15) is 5.56 Å². The lowest BCUT2D eigenvalue weighted by Crippen LogP contribution is -2.47. The number of anilines is 1. The van der Waals surface area contributed by atoms with E-state index in [2.05, 4.69) is 32.1 Å². The maximum Gasteiger partial charge on any atom is 0.324 e. The van der Waals surface area contributed by atoms with E-state index in [1.54, 1.807) is 12.1 Å². The Labute approximate surface area is 162 Å². The van der Waals surface area contributed by atoms with E-state index in [0.717, 1.165) is 44.2 Å². The SMILES string of the molecule is Fc1cccc(-c2noc(N3CCN(CCc4ccc(Cl)cc4)CC3)n2)c1. The monoisotopic (exact) mass is 386 g/mol. The number of rotatable bonds is 5. The lowest BCUT2D eigenvalue weighted by atomic mass is 10.1. The molecule has 0 atom stereocenters. The summed E-state index contributed by atoms with van der Waals surface area (Å²) in [6, 6.07) is 14.7. The van der Waals surface area contributed by atoms with E-state index in [1.165, 1.54) is 17.7 Å². The molecule has 0 N–H and O–H groups in total. The van der Waals surface area contributed by atoms with Crippen molar-refractivity contribution in [2.45, 2.75) is 6.42 Å². The van der Waals surface area contributed by atoms with Gasteiger partial charge in [0.1, 0.15) is 5.82 Å². The Balaban J connectivity index is 1.31. The highest BCUT2D eigenvalue weighted by atomic mass is 35.5. The van der Waals surface area contributed by atoms with Crippen LogP contribution >= 0.6 is 11.6 Å². The second-order valence-corrected chi connectivity index (χ2v) is 7.05. The van der Waals surface area contributed by atoms with Gasteiger partial charge in [0.2, 0.25) is 5.82 Å². The Hall–Kier alpha value is -2.44. The summed E-state index contributed by atoms with van der Waals surface area (Å²) >= 11 is 5.93. The molecule has 1 fully saturated rings. The number of piperazine rings is 1. The van der Waals surface area contributed by atoms with Crippen LogP contribution in [0.4, 0.5) is 10.4 Å². The fraction of sp³-hybridized carbons (Fsp3) is 0.300. The molecule has 7 heteroatoms. The van der Waals surface area contributed by atoms with E-state index in [1.807, 2.05) is 12.1 Å². The molecule has 0 unspecified atom stereocenters. The van der Waals surface area contributed by atoms with Crippen molar-refractivity contribution in [1.29, 1.82) is 0 Å². The van der Waals surface area contributed by atoms with Gasteiger partial charge in [-0.05, 0) is 36.2 Å². The molecule has 0 bridgehead atoms. The molecular formula is C20H20ClFN4O. The van der Waals surface area contributed by atoms with Crippen molar-refractivity contribution in [2.24, 2.45) is 0 Å². The second kappa shape index (κ2) is 8.06. The van der Waals surface area contributed by atoms with Crippen LogP contribution in [0.5, 0.6) is 0 Å². The zero-order valence-electron chi connectivity index (χ0n) is 14.8. The average Bonchev–Trinajstić information content (AvgIpc) is 3.18. The molecule has 140 valence electrons. The number of hydrogen-bond donors (Lipinski definition) is 0. The molecule has 1 aliphatic heterocycles. The van der Waals surface area contributed by atoms with E-state index in [-0.39, 0.29) is 5.82 Å². The smallest absolute Gasteiger partial charge is 0.322 e. The number of aromatic nitrogens is 2. The number of nitrogens with zero attached hydrogens (tertiary/aromatic N) is 4. The third kappa shape index (κ3) is 4.46. The molecule has 0 radical (unpaired) electrons. The first kappa shape index (κ1) is 17.9. The minimum absolute atomic E-state index is 0.312. The fourth-order valence-corrected chi connectivity index (χ4v) is 3.32. The Kier molecular flexibility index (Phi) is 5.36. The molecule has 4 rings (SSSR count). The van der Waals surface area contributed by atoms with Gasteiger partial charge >= 0.3 is 6.01 Å². The maximum atomic E-state index is 13.4. The molecular weight excluding hydrogens is 367 g/mol. The molecule has 5 nitrogen and oxygen atoms in total. The van der Waals surface area contributed by atoms with Crippen molar-refractivity contribution in [1.82, 2.24) is 15.0 Å². The zero-order valence-corrected chi connectivity index (χ0v) is 15.6. The average molecular weight is 387 g/mol. The van der Waals surface area contributed by atoms with E-state index in [4.69, 9.17) is 16.1 Å². The van der Waals surface area contributed by atoms with Crippen molar-refractivity contribution in [3.8, 4) is 11.4 Å². The predicted molar refractivity (Wildman–Crippen MR) is 104 cm³/mol. The normalized spacial score (nSPS) is 15.3. The van der Waals surface area contributed by atoms with Crippen LogP contribution in [-0.4, -0.2) is 47.8 Å². The second-order valence-electron chi connectivity index (χ2n) is 6.62. The number of hydrogen-bond acceptors (Lipinski definition) is 5. The lowest BCUT2D eigenvalue weighted by Gasteiger charge is -2.33. The molecule has 27 heavy (non-hydrogen) atoms. The summed E-state index contributed by atoms with van der Waals surface area (Å²) < 4.78 is 18.7. The van der Waals surface area contributed by atoms with Gasteiger partial charge in [0.25, 0.3) is 0 Å². The number of benzene rings is 2. The van der Waals surface area contributed by atoms with Crippen molar-refractivity contribution < 1.29 is 8.91 Å². The minimum atomic E-state index is -0.312. The standard InChI is InChI=1S/C20H20ClFN4O/c21-17-6-4-15(5-7-17)8-9-25-10-12-26(13-11-25)20-23-19(24-27-20)16-2-1-3-18(22)14-16/h1-7,14H,8-13H2. The largest absolute Gasteiger partial charge is 0.324 e. The van der Waals surface area contributed by atoms with Gasteiger partial charge < -0.3 is 9.42 Å². The lowest BCUT2D eigenvalue weighted by molar-refractivity contribution is 0.253. The van der Waals surface area contributed by atoms with E-state index in [0.29, 0.717) is 17.4 Å². The molecule has 0 aliphatic carbocycles. The van der Waals surface area contributed by atoms with Crippen molar-refractivity contribution >= 4 is 17.6 Å². The Morgan fingerprint density at radius 2 is 1.81 bits per heavy atom. The first-order chi connectivity index (χ1) is 13.2. The third-order valence-electron chi connectivity index (χ3n) is 4.77. The van der Waals surface area contributed by atoms with Crippen molar-refractivity contribution in [3.63, 3.8) is 0 Å². The van der Waals surface area contributed by atoms with Gasteiger partial charge in [0.05, 0.1) is 0 Å². The summed E-state index contributed by atoms with van der Waals surface area (Å²) in [5, 5.41) is 4.75. The third-order valence-corrected chi connectivity index (χ3v) is 5.02. The zero-order chi connectivity index (χ0) is 18.6. The summed E-state index contributed by atoms with van der Waals surface area (Å²) in [6.07, 6.45) is 1.00. The molecule has 2 heterocycles. The van der Waals surface area contributed by atoms with Crippen LogP contribution in [-0.2, 0) is 6.42 Å². The van der Waals surface area contributed by atoms with Gasteiger partial charge in [-0.15, -0.1) is 0 Å². The van der Waals surface area contributed by atoms with Crippen LogP contribution in [0, 0.1) is 5.82 Å². The summed E-state index contributed by atoms with van der Waals surface area (Å²) in [6.45, 7) is 4.53. The van der Waals surface area contributed by atoms with Gasteiger partial charge in [-0.1, -0.05) is 41.0 Å². The topological polar surface area (TPSA) is 45.4 Å². The first-order valence-electron chi connectivity index (χ1n) is 8.99. The first-order valence-corrected chi connectivity index (χ1v) is 9.36. The van der Waals surface area contributed by atoms with Gasteiger partial charge in [-0.25, -0.2) is 4.39 Å². The van der Waals surface area contributed by atoms with Crippen LogP contribution in [0.3, 0.4) is 0 Å².